The molecular weight excluding hydrogens is 885 g/mol. The number of anilines is 6. The molecule has 3 heteroatoms. The topological polar surface area (TPSA) is 19.6 Å². The predicted octanol–water partition coefficient (Wildman–Crippen LogP) is 19.9. The molecule has 0 fully saturated rings. The molecule has 0 unspecified atom stereocenters. The minimum absolute atomic E-state index is 0.814. The summed E-state index contributed by atoms with van der Waals surface area (Å²) in [5, 5.41) is 5.72. The highest BCUT2D eigenvalue weighted by molar-refractivity contribution is 6.05. The molecule has 1 heterocycles. The van der Waals surface area contributed by atoms with Crippen molar-refractivity contribution < 1.29 is 4.42 Å². The molecule has 0 bridgehead atoms. The SMILES string of the molecule is C(=C\C=C\c1ccc(N(c2ccccc2)c2ccc(-c3cc4cc(N(c5ccccc5)c5ccc(/C=C/C=C/C=C/c6ccccc6)c6ccccc56)ccc4o3)cc2)c2ccccc12)/C=C/c1ccccc1. The quantitative estimate of drug-likeness (QED) is 0.0955. The summed E-state index contributed by atoms with van der Waals surface area (Å²) in [7, 11) is 0. The molecular formula is C70H52N2O. The van der Waals surface area contributed by atoms with E-state index in [2.05, 4.69) is 313 Å². The first-order valence-corrected chi connectivity index (χ1v) is 24.7. The van der Waals surface area contributed by atoms with Gasteiger partial charge in [-0.3, -0.25) is 0 Å². The van der Waals surface area contributed by atoms with Crippen molar-refractivity contribution in [3.05, 3.63) is 314 Å². The maximum atomic E-state index is 6.62. The van der Waals surface area contributed by atoms with Crippen molar-refractivity contribution in [1.29, 1.82) is 0 Å². The zero-order chi connectivity index (χ0) is 49.0. The van der Waals surface area contributed by atoms with Crippen LogP contribution in [0.3, 0.4) is 0 Å². The summed E-state index contributed by atoms with van der Waals surface area (Å²) in [4.78, 5) is 4.69. The maximum absolute atomic E-state index is 6.62. The molecule has 11 rings (SSSR count). The van der Waals surface area contributed by atoms with E-state index in [1.807, 2.05) is 12.1 Å². The third-order valence-electron chi connectivity index (χ3n) is 12.9. The number of allylic oxidation sites excluding steroid dienone is 8. The molecule has 0 aliphatic rings. The Kier molecular flexibility index (Phi) is 13.7. The minimum atomic E-state index is 0.814. The Balaban J connectivity index is 0.879. The fourth-order valence-electron chi connectivity index (χ4n) is 9.43. The average molecular weight is 937 g/mol. The van der Waals surface area contributed by atoms with Crippen LogP contribution in [0.4, 0.5) is 34.1 Å². The zero-order valence-corrected chi connectivity index (χ0v) is 40.3. The van der Waals surface area contributed by atoms with Crippen LogP contribution in [0.25, 0.3) is 68.1 Å². The van der Waals surface area contributed by atoms with Crippen molar-refractivity contribution >= 4 is 90.9 Å². The summed E-state index contributed by atoms with van der Waals surface area (Å²) in [6.45, 7) is 0. The van der Waals surface area contributed by atoms with Gasteiger partial charge < -0.3 is 14.2 Å². The van der Waals surface area contributed by atoms with E-state index in [4.69, 9.17) is 4.42 Å². The monoisotopic (exact) mass is 936 g/mol. The van der Waals surface area contributed by atoms with Gasteiger partial charge in [-0.25, -0.2) is 0 Å². The highest BCUT2D eigenvalue weighted by Crippen LogP contribution is 2.43. The van der Waals surface area contributed by atoms with Crippen LogP contribution in [0.5, 0.6) is 0 Å². The fourth-order valence-corrected chi connectivity index (χ4v) is 9.43. The third kappa shape index (κ3) is 10.4. The summed E-state index contributed by atoms with van der Waals surface area (Å²) < 4.78 is 6.62. The van der Waals surface area contributed by atoms with E-state index < -0.39 is 0 Å². The number of hydrogen-bond acceptors (Lipinski definition) is 3. The molecule has 11 aromatic rings. The summed E-state index contributed by atoms with van der Waals surface area (Å²) >= 11 is 0. The van der Waals surface area contributed by atoms with E-state index in [0.717, 1.165) is 72.9 Å². The van der Waals surface area contributed by atoms with E-state index in [0.29, 0.717) is 0 Å². The van der Waals surface area contributed by atoms with Crippen molar-refractivity contribution in [3.63, 3.8) is 0 Å². The molecule has 0 aliphatic heterocycles. The first kappa shape index (κ1) is 45.7. The molecule has 3 nitrogen and oxygen atoms in total. The second-order valence-electron chi connectivity index (χ2n) is 17.7. The second-order valence-corrected chi connectivity index (χ2v) is 17.7. The lowest BCUT2D eigenvalue weighted by Crippen LogP contribution is -2.10. The Morgan fingerprint density at radius 2 is 0.685 bits per heavy atom. The molecule has 10 aromatic carbocycles. The first-order valence-electron chi connectivity index (χ1n) is 24.7. The van der Waals surface area contributed by atoms with Crippen molar-refractivity contribution in [2.24, 2.45) is 0 Å². The van der Waals surface area contributed by atoms with E-state index >= 15 is 0 Å². The molecule has 1 aromatic heterocycles. The summed E-state index contributed by atoms with van der Waals surface area (Å²) in [6, 6.07) is 85.5. The van der Waals surface area contributed by atoms with Crippen molar-refractivity contribution in [1.82, 2.24) is 0 Å². The van der Waals surface area contributed by atoms with Gasteiger partial charge in [-0.05, 0) is 118 Å². The highest BCUT2D eigenvalue weighted by atomic mass is 16.3. The molecule has 0 radical (unpaired) electrons. The lowest BCUT2D eigenvalue weighted by molar-refractivity contribution is 0.631. The smallest absolute Gasteiger partial charge is 0.135 e. The summed E-state index contributed by atoms with van der Waals surface area (Å²) in [5.41, 5.74) is 13.0. The van der Waals surface area contributed by atoms with Crippen molar-refractivity contribution in [2.45, 2.75) is 0 Å². The Labute approximate surface area is 427 Å². The lowest BCUT2D eigenvalue weighted by Gasteiger charge is -2.27. The second kappa shape index (κ2) is 21.9. The Bertz CT molecular complexity index is 3820. The molecule has 0 atom stereocenters. The van der Waals surface area contributed by atoms with Crippen LogP contribution in [-0.2, 0) is 0 Å². The number of fused-ring (bicyclic) bond motifs is 3. The third-order valence-corrected chi connectivity index (χ3v) is 12.9. The van der Waals surface area contributed by atoms with Gasteiger partial charge in [-0.1, -0.05) is 231 Å². The first-order chi connectivity index (χ1) is 36.2. The van der Waals surface area contributed by atoms with Crippen LogP contribution in [0, 0.1) is 0 Å². The van der Waals surface area contributed by atoms with Crippen molar-refractivity contribution in [2.75, 3.05) is 9.80 Å². The number of para-hydroxylation sites is 2. The van der Waals surface area contributed by atoms with E-state index in [1.54, 1.807) is 0 Å². The number of rotatable bonds is 15. The largest absolute Gasteiger partial charge is 0.456 e. The maximum Gasteiger partial charge on any atom is 0.135 e. The van der Waals surface area contributed by atoms with E-state index in [-0.39, 0.29) is 0 Å². The summed E-state index contributed by atoms with van der Waals surface area (Å²) in [6.07, 6.45) is 25.2. The number of furan rings is 1. The molecule has 0 spiro atoms. The molecule has 0 aliphatic carbocycles. The molecule has 0 amide bonds. The Hall–Kier alpha value is -9.70. The highest BCUT2D eigenvalue weighted by Gasteiger charge is 2.20. The minimum Gasteiger partial charge on any atom is -0.456 e. The fraction of sp³-hybridized carbons (Fsp3) is 0. The van der Waals surface area contributed by atoms with Gasteiger partial charge in [-0.15, -0.1) is 0 Å². The van der Waals surface area contributed by atoms with Crippen molar-refractivity contribution in [3.8, 4) is 11.3 Å². The molecule has 73 heavy (non-hydrogen) atoms. The number of hydrogen-bond donors (Lipinski definition) is 0. The zero-order valence-electron chi connectivity index (χ0n) is 40.3. The number of nitrogens with zero attached hydrogens (tertiary/aromatic N) is 2. The van der Waals surface area contributed by atoms with Crippen LogP contribution in [0.15, 0.2) is 296 Å². The van der Waals surface area contributed by atoms with Crippen LogP contribution in [0.1, 0.15) is 22.3 Å². The lowest BCUT2D eigenvalue weighted by atomic mass is 10.0. The average Bonchev–Trinajstić information content (AvgIpc) is 3.89. The Morgan fingerprint density at radius 3 is 1.18 bits per heavy atom. The van der Waals surface area contributed by atoms with Crippen LogP contribution in [-0.4, -0.2) is 0 Å². The predicted molar refractivity (Wildman–Crippen MR) is 313 cm³/mol. The van der Waals surface area contributed by atoms with E-state index in [1.165, 1.54) is 27.3 Å². The molecule has 0 saturated heterocycles. The number of benzene rings is 10. The van der Waals surface area contributed by atoms with Gasteiger partial charge in [0.1, 0.15) is 11.3 Å². The van der Waals surface area contributed by atoms with Crippen LogP contribution < -0.4 is 9.80 Å². The molecule has 348 valence electrons. The van der Waals surface area contributed by atoms with Crippen LogP contribution in [0.2, 0.25) is 0 Å². The van der Waals surface area contributed by atoms with Gasteiger partial charge in [-0.2, -0.15) is 0 Å². The summed E-state index contributed by atoms with van der Waals surface area (Å²) in [5.74, 6) is 0.814. The molecule has 0 N–H and O–H groups in total. The van der Waals surface area contributed by atoms with Gasteiger partial charge in [0.25, 0.3) is 0 Å². The van der Waals surface area contributed by atoms with Gasteiger partial charge in [0, 0.05) is 44.5 Å². The standard InChI is InChI=1S/C70H52N2O/c1(9-25-53-27-11-5-12-28-53)3-15-31-55-43-48-67(65-39-23-21-37-63(55)65)71(59-33-17-7-18-34-59)61-45-41-57(42-46-61)70-52-58-51-62(47-50-69(58)73-70)72(60-35-19-8-20-36-60)68-49-44-56(64-38-22-24-40-66(64)68)32-16-4-2-10-26-54-29-13-6-14-30-54/h1-52H/b3-1+,4-2+,25-9+,26-10+,31-15+,32-16+. The normalized spacial score (nSPS) is 12.1. The van der Waals surface area contributed by atoms with Crippen LogP contribution >= 0.6 is 0 Å². The van der Waals surface area contributed by atoms with Gasteiger partial charge in [0.05, 0.1) is 11.4 Å². The Morgan fingerprint density at radius 1 is 0.288 bits per heavy atom. The van der Waals surface area contributed by atoms with Gasteiger partial charge in [0.2, 0.25) is 0 Å². The molecule has 0 saturated carbocycles. The van der Waals surface area contributed by atoms with Gasteiger partial charge >= 0.3 is 0 Å². The van der Waals surface area contributed by atoms with E-state index in [9.17, 15) is 0 Å². The van der Waals surface area contributed by atoms with Gasteiger partial charge in [0.15, 0.2) is 0 Å².